The maximum absolute atomic E-state index is 13.6. The van der Waals surface area contributed by atoms with Crippen molar-refractivity contribution in [3.05, 3.63) is 89.4 Å². The highest BCUT2D eigenvalue weighted by Crippen LogP contribution is 2.30. The Kier molecular flexibility index (Phi) is 7.74. The van der Waals surface area contributed by atoms with E-state index < -0.39 is 16.0 Å². The Labute approximate surface area is 237 Å². The molecule has 5 rings (SSSR count). The average Bonchev–Trinajstić information content (AvgIpc) is 3.24. The van der Waals surface area contributed by atoms with Crippen molar-refractivity contribution in [3.8, 4) is 11.1 Å². The van der Waals surface area contributed by atoms with Gasteiger partial charge in [0, 0.05) is 49.7 Å². The van der Waals surface area contributed by atoms with Crippen LogP contribution in [0.25, 0.3) is 16.8 Å². The van der Waals surface area contributed by atoms with Gasteiger partial charge in [0.25, 0.3) is 5.91 Å². The average molecular weight is 575 g/mol. The highest BCUT2D eigenvalue weighted by molar-refractivity contribution is 7.89. The standard InChI is InChI=1S/C30H30N4O6S/c1-20(2)25-15-21(9-10-22(25)19-35)26-16-23(30(37)38)17-33-18-27(31-28(26)33)29(36)32-11-6-12-34(14-13-32)41(39,40)24-7-4-3-5-8-24/h3-5,7-10,15-20H,6,11-14H2,1-2H3,(H,37,38). The highest BCUT2D eigenvalue weighted by Gasteiger charge is 2.29. The van der Waals surface area contributed by atoms with Gasteiger partial charge in [0.05, 0.1) is 10.5 Å². The van der Waals surface area contributed by atoms with Gasteiger partial charge in [0.15, 0.2) is 0 Å². The minimum Gasteiger partial charge on any atom is -0.478 e. The number of pyridine rings is 1. The van der Waals surface area contributed by atoms with Crippen molar-refractivity contribution in [1.82, 2.24) is 18.6 Å². The fraction of sp³-hybridized carbons (Fsp3) is 0.267. The first-order valence-corrected chi connectivity index (χ1v) is 14.7. The number of carboxylic acids is 1. The molecule has 3 heterocycles. The fourth-order valence-corrected chi connectivity index (χ4v) is 6.61. The zero-order valence-electron chi connectivity index (χ0n) is 22.7. The Bertz CT molecular complexity index is 1750. The van der Waals surface area contributed by atoms with Crippen LogP contribution in [-0.4, -0.2) is 76.5 Å². The summed E-state index contributed by atoms with van der Waals surface area (Å²) < 4.78 is 29.1. The molecule has 0 saturated carbocycles. The summed E-state index contributed by atoms with van der Waals surface area (Å²) in [7, 11) is -3.69. The SMILES string of the molecule is CC(C)c1cc(-c2cc(C(=O)O)cn3cc(C(=O)N4CCCN(S(=O)(=O)c5ccccc5)CC4)nc23)ccc1C=O. The number of hydrogen-bond acceptors (Lipinski definition) is 6. The third kappa shape index (κ3) is 5.50. The zero-order chi connectivity index (χ0) is 29.3. The second-order valence-corrected chi connectivity index (χ2v) is 12.2. The number of aldehydes is 1. The summed E-state index contributed by atoms with van der Waals surface area (Å²) in [6.45, 7) is 4.91. The quantitative estimate of drug-likeness (QED) is 0.328. The van der Waals surface area contributed by atoms with Crippen LogP contribution in [0.2, 0.25) is 0 Å². The Morgan fingerprint density at radius 3 is 2.41 bits per heavy atom. The predicted molar refractivity (Wildman–Crippen MR) is 153 cm³/mol. The summed E-state index contributed by atoms with van der Waals surface area (Å²) in [5.74, 6) is -1.44. The number of fused-ring (bicyclic) bond motifs is 1. The second-order valence-electron chi connectivity index (χ2n) is 10.3. The number of hydrogen-bond donors (Lipinski definition) is 1. The van der Waals surface area contributed by atoms with E-state index >= 15 is 0 Å². The third-order valence-corrected chi connectivity index (χ3v) is 9.20. The van der Waals surface area contributed by atoms with Gasteiger partial charge in [-0.05, 0) is 41.7 Å². The number of carbonyl (C=O) groups excluding carboxylic acids is 2. The number of aromatic carboxylic acids is 1. The third-order valence-electron chi connectivity index (χ3n) is 7.29. The number of nitrogens with zero attached hydrogens (tertiary/aromatic N) is 4. The maximum Gasteiger partial charge on any atom is 0.337 e. The normalized spacial score (nSPS) is 14.8. The molecular weight excluding hydrogens is 544 g/mol. The van der Waals surface area contributed by atoms with Crippen LogP contribution in [0, 0.1) is 0 Å². The summed E-state index contributed by atoms with van der Waals surface area (Å²) in [5.41, 5.74) is 3.10. The van der Waals surface area contributed by atoms with Gasteiger partial charge in [0.2, 0.25) is 10.0 Å². The molecule has 1 aliphatic rings. The molecule has 0 spiro atoms. The van der Waals surface area contributed by atoms with Crippen LogP contribution in [0.3, 0.4) is 0 Å². The molecule has 0 unspecified atom stereocenters. The van der Waals surface area contributed by atoms with E-state index in [9.17, 15) is 27.9 Å². The van der Waals surface area contributed by atoms with Gasteiger partial charge in [0.1, 0.15) is 17.6 Å². The number of carbonyl (C=O) groups is 3. The summed E-state index contributed by atoms with van der Waals surface area (Å²) in [5, 5.41) is 9.76. The number of imidazole rings is 1. The minimum atomic E-state index is -3.69. The predicted octanol–water partition coefficient (Wildman–Crippen LogP) is 4.17. The minimum absolute atomic E-state index is 0.0194. The van der Waals surface area contributed by atoms with Crippen LogP contribution in [-0.2, 0) is 10.0 Å². The Hall–Kier alpha value is -4.35. The van der Waals surface area contributed by atoms with E-state index in [2.05, 4.69) is 4.98 Å². The van der Waals surface area contributed by atoms with E-state index in [4.69, 9.17) is 0 Å². The highest BCUT2D eigenvalue weighted by atomic mass is 32.2. The Morgan fingerprint density at radius 2 is 1.73 bits per heavy atom. The van der Waals surface area contributed by atoms with Crippen molar-refractivity contribution in [2.24, 2.45) is 0 Å². The molecule has 0 bridgehead atoms. The van der Waals surface area contributed by atoms with Gasteiger partial charge in [-0.2, -0.15) is 4.31 Å². The molecule has 212 valence electrons. The van der Waals surface area contributed by atoms with Gasteiger partial charge in [-0.15, -0.1) is 0 Å². The lowest BCUT2D eigenvalue weighted by Crippen LogP contribution is -2.37. The van der Waals surface area contributed by atoms with Crippen LogP contribution in [0.1, 0.15) is 63.0 Å². The lowest BCUT2D eigenvalue weighted by atomic mass is 9.93. The van der Waals surface area contributed by atoms with Crippen molar-refractivity contribution >= 4 is 33.8 Å². The number of aromatic nitrogens is 2. The van der Waals surface area contributed by atoms with E-state index in [1.165, 1.54) is 27.2 Å². The maximum atomic E-state index is 13.6. The van der Waals surface area contributed by atoms with E-state index in [-0.39, 0.29) is 47.6 Å². The van der Waals surface area contributed by atoms with Crippen molar-refractivity contribution in [2.75, 3.05) is 26.2 Å². The molecule has 0 aliphatic carbocycles. The smallest absolute Gasteiger partial charge is 0.337 e. The zero-order valence-corrected chi connectivity index (χ0v) is 23.5. The molecular formula is C30H30N4O6S. The van der Waals surface area contributed by atoms with Gasteiger partial charge < -0.3 is 14.4 Å². The molecule has 41 heavy (non-hydrogen) atoms. The topological polar surface area (TPSA) is 129 Å². The van der Waals surface area contributed by atoms with E-state index in [0.29, 0.717) is 35.3 Å². The van der Waals surface area contributed by atoms with Crippen LogP contribution in [0.4, 0.5) is 0 Å². The van der Waals surface area contributed by atoms with Crippen LogP contribution in [0.15, 0.2) is 71.9 Å². The van der Waals surface area contributed by atoms with Crippen LogP contribution >= 0.6 is 0 Å². The van der Waals surface area contributed by atoms with Crippen LogP contribution < -0.4 is 0 Å². The van der Waals surface area contributed by atoms with Crippen LogP contribution in [0.5, 0.6) is 0 Å². The molecule has 2 aromatic heterocycles. The molecule has 11 heteroatoms. The molecule has 1 amide bonds. The first-order valence-electron chi connectivity index (χ1n) is 13.3. The molecule has 1 fully saturated rings. The number of rotatable bonds is 7. The molecule has 4 aromatic rings. The lowest BCUT2D eigenvalue weighted by molar-refractivity contribution is 0.0695. The van der Waals surface area contributed by atoms with E-state index in [0.717, 1.165) is 11.8 Å². The monoisotopic (exact) mass is 574 g/mol. The number of amides is 1. The molecule has 2 aromatic carbocycles. The number of benzene rings is 2. The molecule has 1 saturated heterocycles. The molecule has 0 radical (unpaired) electrons. The first kappa shape index (κ1) is 28.2. The Morgan fingerprint density at radius 1 is 0.976 bits per heavy atom. The van der Waals surface area contributed by atoms with Gasteiger partial charge in [-0.3, -0.25) is 9.59 Å². The molecule has 1 N–H and O–H groups in total. The van der Waals surface area contributed by atoms with Crippen molar-refractivity contribution in [1.29, 1.82) is 0 Å². The molecule has 0 atom stereocenters. The number of sulfonamides is 1. The van der Waals surface area contributed by atoms with Gasteiger partial charge in [-0.25, -0.2) is 18.2 Å². The lowest BCUT2D eigenvalue weighted by Gasteiger charge is -2.21. The van der Waals surface area contributed by atoms with Crippen molar-refractivity contribution < 1.29 is 27.9 Å². The summed E-state index contributed by atoms with van der Waals surface area (Å²) >= 11 is 0. The summed E-state index contributed by atoms with van der Waals surface area (Å²) in [6.07, 6.45) is 4.16. The summed E-state index contributed by atoms with van der Waals surface area (Å²) in [4.78, 5) is 43.5. The summed E-state index contributed by atoms with van der Waals surface area (Å²) in [6, 6.07) is 15.0. The molecule has 1 aliphatic heterocycles. The number of carboxylic acid groups (broad SMARTS) is 1. The second kappa shape index (κ2) is 11.3. The van der Waals surface area contributed by atoms with E-state index in [1.807, 2.05) is 19.9 Å². The first-order chi connectivity index (χ1) is 19.6. The van der Waals surface area contributed by atoms with E-state index in [1.54, 1.807) is 47.4 Å². The van der Waals surface area contributed by atoms with Gasteiger partial charge >= 0.3 is 5.97 Å². The fourth-order valence-electron chi connectivity index (χ4n) is 5.12. The largest absolute Gasteiger partial charge is 0.478 e. The van der Waals surface area contributed by atoms with Crippen molar-refractivity contribution in [2.45, 2.75) is 31.1 Å². The van der Waals surface area contributed by atoms with Gasteiger partial charge in [-0.1, -0.05) is 50.2 Å². The Balaban J connectivity index is 1.47. The molecule has 10 nitrogen and oxygen atoms in total. The van der Waals surface area contributed by atoms with Crippen molar-refractivity contribution in [3.63, 3.8) is 0 Å².